The summed E-state index contributed by atoms with van der Waals surface area (Å²) in [5, 5.41) is 1.41. The van der Waals surface area contributed by atoms with Crippen molar-refractivity contribution >= 4 is 44.9 Å². The van der Waals surface area contributed by atoms with Crippen molar-refractivity contribution in [2.45, 2.75) is 30.8 Å². The first-order chi connectivity index (χ1) is 16.1. The standard InChI is InChI=1S/C24H28N4O3S2/c1-26-23(30)21-16-7-3-6-10-19(16)33-22(21)25-24(26)32-15-20(29)28-13-11-27(12-14-28)17-8-4-5-9-18(17)31-2/h4-5,8-9H,3,6-7,10-15H2,1-2H3. The number of hydrogen-bond acceptors (Lipinski definition) is 7. The number of amides is 1. The van der Waals surface area contributed by atoms with Crippen LogP contribution in [0.5, 0.6) is 5.75 Å². The van der Waals surface area contributed by atoms with Crippen LogP contribution in [0.3, 0.4) is 0 Å². The molecule has 9 heteroatoms. The van der Waals surface area contributed by atoms with Crippen molar-refractivity contribution in [1.29, 1.82) is 0 Å². The van der Waals surface area contributed by atoms with E-state index < -0.39 is 0 Å². The van der Waals surface area contributed by atoms with E-state index in [-0.39, 0.29) is 17.2 Å². The van der Waals surface area contributed by atoms with Crippen LogP contribution in [0.4, 0.5) is 5.69 Å². The molecular weight excluding hydrogens is 456 g/mol. The Kier molecular flexibility index (Phi) is 6.34. The van der Waals surface area contributed by atoms with Crippen molar-refractivity contribution < 1.29 is 9.53 Å². The van der Waals surface area contributed by atoms with E-state index in [1.165, 1.54) is 28.6 Å². The van der Waals surface area contributed by atoms with E-state index >= 15 is 0 Å². The number of carbonyl (C=O) groups is 1. The molecule has 1 aliphatic heterocycles. The lowest BCUT2D eigenvalue weighted by Gasteiger charge is -2.36. The van der Waals surface area contributed by atoms with E-state index in [2.05, 4.69) is 11.0 Å². The molecular formula is C24H28N4O3S2. The summed E-state index contributed by atoms with van der Waals surface area (Å²) in [5.41, 5.74) is 2.28. The van der Waals surface area contributed by atoms with Gasteiger partial charge in [0.25, 0.3) is 5.56 Å². The summed E-state index contributed by atoms with van der Waals surface area (Å²) in [4.78, 5) is 37.0. The molecule has 2 aromatic heterocycles. The van der Waals surface area contributed by atoms with E-state index in [0.29, 0.717) is 18.2 Å². The molecule has 174 valence electrons. The van der Waals surface area contributed by atoms with Crippen molar-refractivity contribution in [2.75, 3.05) is 43.9 Å². The van der Waals surface area contributed by atoms with Crippen LogP contribution < -0.4 is 15.2 Å². The summed E-state index contributed by atoms with van der Waals surface area (Å²) < 4.78 is 7.09. The average Bonchev–Trinajstić information content (AvgIpc) is 3.23. The molecule has 3 aromatic rings. The first-order valence-electron chi connectivity index (χ1n) is 11.4. The highest BCUT2D eigenvalue weighted by atomic mass is 32.2. The fourth-order valence-corrected chi connectivity index (χ4v) is 6.88. The number of methoxy groups -OCH3 is 1. The zero-order valence-corrected chi connectivity index (χ0v) is 20.6. The number of rotatable bonds is 5. The SMILES string of the molecule is COc1ccccc1N1CCN(C(=O)CSc2nc3sc4c(c3c(=O)n2C)CCCC4)CC1. The minimum absolute atomic E-state index is 0.0137. The third-order valence-electron chi connectivity index (χ3n) is 6.54. The maximum Gasteiger partial charge on any atom is 0.262 e. The molecule has 0 radical (unpaired) electrons. The molecule has 2 aliphatic rings. The van der Waals surface area contributed by atoms with Gasteiger partial charge in [-0.25, -0.2) is 4.98 Å². The third-order valence-corrected chi connectivity index (χ3v) is 8.74. The number of thiophene rings is 1. The highest BCUT2D eigenvalue weighted by Crippen LogP contribution is 2.34. The van der Waals surface area contributed by atoms with Crippen LogP contribution in [0, 0.1) is 0 Å². The second-order valence-corrected chi connectivity index (χ2v) is 10.5. The lowest BCUT2D eigenvalue weighted by molar-refractivity contribution is -0.128. The first-order valence-corrected chi connectivity index (χ1v) is 13.2. The van der Waals surface area contributed by atoms with Gasteiger partial charge in [0.05, 0.1) is 23.9 Å². The lowest BCUT2D eigenvalue weighted by atomic mass is 9.97. The molecule has 1 fully saturated rings. The van der Waals surface area contributed by atoms with Crippen LogP contribution in [0.15, 0.2) is 34.2 Å². The van der Waals surface area contributed by atoms with Crippen molar-refractivity contribution in [3.8, 4) is 5.75 Å². The van der Waals surface area contributed by atoms with Gasteiger partial charge in [-0.15, -0.1) is 11.3 Å². The van der Waals surface area contributed by atoms with Gasteiger partial charge in [-0.2, -0.15) is 0 Å². The average molecular weight is 485 g/mol. The van der Waals surface area contributed by atoms with Crippen LogP contribution >= 0.6 is 23.1 Å². The number of anilines is 1. The molecule has 0 unspecified atom stereocenters. The van der Waals surface area contributed by atoms with Gasteiger partial charge in [-0.05, 0) is 43.4 Å². The summed E-state index contributed by atoms with van der Waals surface area (Å²) >= 11 is 3.01. The Morgan fingerprint density at radius 2 is 1.91 bits per heavy atom. The van der Waals surface area contributed by atoms with E-state index in [1.54, 1.807) is 30.1 Å². The lowest BCUT2D eigenvalue weighted by Crippen LogP contribution is -2.49. The van der Waals surface area contributed by atoms with Gasteiger partial charge in [0, 0.05) is 38.1 Å². The van der Waals surface area contributed by atoms with Gasteiger partial charge in [0.15, 0.2) is 5.16 Å². The normalized spacial score (nSPS) is 16.2. The fraction of sp³-hybridized carbons (Fsp3) is 0.458. The smallest absolute Gasteiger partial charge is 0.262 e. The monoisotopic (exact) mass is 484 g/mol. The number of aromatic nitrogens is 2. The molecule has 5 rings (SSSR count). The number of carbonyl (C=O) groups excluding carboxylic acids is 1. The Balaban J connectivity index is 1.24. The van der Waals surface area contributed by atoms with Gasteiger partial charge in [-0.3, -0.25) is 14.2 Å². The van der Waals surface area contributed by atoms with Gasteiger partial charge in [0.1, 0.15) is 10.6 Å². The molecule has 1 amide bonds. The molecule has 3 heterocycles. The van der Waals surface area contributed by atoms with E-state index in [9.17, 15) is 9.59 Å². The number of thioether (sulfide) groups is 1. The minimum Gasteiger partial charge on any atom is -0.495 e. The largest absolute Gasteiger partial charge is 0.495 e. The second-order valence-electron chi connectivity index (χ2n) is 8.48. The zero-order chi connectivity index (χ0) is 22.9. The Bertz CT molecular complexity index is 1240. The van der Waals surface area contributed by atoms with Crippen LogP contribution in [0.2, 0.25) is 0 Å². The number of ether oxygens (including phenoxy) is 1. The molecule has 0 saturated carbocycles. The molecule has 1 aromatic carbocycles. The van der Waals surface area contributed by atoms with Crippen molar-refractivity contribution in [2.24, 2.45) is 7.05 Å². The van der Waals surface area contributed by atoms with Crippen LogP contribution in [-0.4, -0.2) is 59.4 Å². The minimum atomic E-state index is 0.0137. The van der Waals surface area contributed by atoms with Crippen molar-refractivity contribution in [3.63, 3.8) is 0 Å². The Hall–Kier alpha value is -2.52. The Morgan fingerprint density at radius 3 is 2.70 bits per heavy atom. The molecule has 0 atom stereocenters. The number of fused-ring (bicyclic) bond motifs is 3. The number of nitrogens with zero attached hydrogens (tertiary/aromatic N) is 4. The fourth-order valence-electron chi connectivity index (χ4n) is 4.70. The molecule has 0 N–H and O–H groups in total. The zero-order valence-electron chi connectivity index (χ0n) is 19.0. The number of para-hydroxylation sites is 2. The molecule has 7 nitrogen and oxygen atoms in total. The number of aryl methyl sites for hydroxylation is 2. The van der Waals surface area contributed by atoms with Crippen LogP contribution in [0.25, 0.3) is 10.2 Å². The highest BCUT2D eigenvalue weighted by Gasteiger charge is 2.25. The van der Waals surface area contributed by atoms with Gasteiger partial charge in [0.2, 0.25) is 5.91 Å². The molecule has 0 bridgehead atoms. The van der Waals surface area contributed by atoms with E-state index in [0.717, 1.165) is 54.0 Å². The third kappa shape index (κ3) is 4.24. The van der Waals surface area contributed by atoms with Gasteiger partial charge >= 0.3 is 0 Å². The van der Waals surface area contributed by atoms with Crippen LogP contribution in [-0.2, 0) is 24.7 Å². The van der Waals surface area contributed by atoms with Crippen LogP contribution in [0.1, 0.15) is 23.3 Å². The van der Waals surface area contributed by atoms with Gasteiger partial charge in [-0.1, -0.05) is 23.9 Å². The number of piperazine rings is 1. The molecule has 1 saturated heterocycles. The van der Waals surface area contributed by atoms with E-state index in [4.69, 9.17) is 9.72 Å². The number of hydrogen-bond donors (Lipinski definition) is 0. The Labute approximate surface area is 201 Å². The summed E-state index contributed by atoms with van der Waals surface area (Å²) in [6.07, 6.45) is 4.33. The summed E-state index contributed by atoms with van der Waals surface area (Å²) in [5.74, 6) is 1.22. The maximum absolute atomic E-state index is 13.1. The molecule has 1 aliphatic carbocycles. The highest BCUT2D eigenvalue weighted by molar-refractivity contribution is 7.99. The van der Waals surface area contributed by atoms with Crippen molar-refractivity contribution in [3.05, 3.63) is 45.1 Å². The molecule has 33 heavy (non-hydrogen) atoms. The van der Waals surface area contributed by atoms with Crippen molar-refractivity contribution in [1.82, 2.24) is 14.5 Å². The quantitative estimate of drug-likeness (QED) is 0.409. The predicted molar refractivity (Wildman–Crippen MR) is 134 cm³/mol. The summed E-state index contributed by atoms with van der Waals surface area (Å²) in [7, 11) is 3.44. The number of benzene rings is 1. The maximum atomic E-state index is 13.1. The van der Waals surface area contributed by atoms with E-state index in [1.807, 2.05) is 23.1 Å². The summed E-state index contributed by atoms with van der Waals surface area (Å²) in [6.45, 7) is 2.86. The topological polar surface area (TPSA) is 67.7 Å². The molecule has 0 spiro atoms. The summed E-state index contributed by atoms with van der Waals surface area (Å²) in [6, 6.07) is 7.98. The first kappa shape index (κ1) is 22.3. The predicted octanol–water partition coefficient (Wildman–Crippen LogP) is 3.32. The Morgan fingerprint density at radius 1 is 1.15 bits per heavy atom. The van der Waals surface area contributed by atoms with Gasteiger partial charge < -0.3 is 14.5 Å². The second kappa shape index (κ2) is 9.38.